The summed E-state index contributed by atoms with van der Waals surface area (Å²) in [6, 6.07) is 2.03. The Morgan fingerprint density at radius 2 is 2.15 bits per heavy atom. The number of amidine groups is 1. The molecule has 2 N–H and O–H groups in total. The number of nitro benzene ring substituents is 1. The Labute approximate surface area is 111 Å². The molecule has 1 atom stereocenters. The Morgan fingerprint density at radius 3 is 2.75 bits per heavy atom. The molecule has 0 radical (unpaired) electrons. The number of hydrogen-bond donors (Lipinski definition) is 1. The quantitative estimate of drug-likeness (QED) is 0.665. The van der Waals surface area contributed by atoms with E-state index in [0.717, 1.165) is 25.1 Å². The van der Waals surface area contributed by atoms with Crippen molar-refractivity contribution in [3.63, 3.8) is 0 Å². The maximum atomic E-state index is 14.0. The zero-order chi connectivity index (χ0) is 15.1. The average Bonchev–Trinajstić information content (AvgIpc) is 2.35. The summed E-state index contributed by atoms with van der Waals surface area (Å²) in [5.74, 6) is -4.56. The van der Waals surface area contributed by atoms with Crippen molar-refractivity contribution >= 4 is 11.7 Å². The normalized spacial score (nSPS) is 24.7. The molecule has 1 aliphatic rings. The van der Waals surface area contributed by atoms with Gasteiger partial charge >= 0.3 is 11.6 Å². The molecule has 0 unspecified atom stereocenters. The first-order valence-corrected chi connectivity index (χ1v) is 5.48. The molecule has 0 aromatic heterocycles. The molecule has 1 heterocycles. The molecule has 0 fully saturated rings. The standard InChI is InChI=1S/C11H10F3N3O3/c1-10(11(13,14)5-20-9(15)16-10)6-2-3-7(12)8(4-6)17(18)19/h2-4H,5H2,1H3,(H2,15,16)/t10-/m1/s1. The second-order valence-electron chi connectivity index (χ2n) is 4.44. The minimum absolute atomic E-state index is 0.221. The second kappa shape index (κ2) is 4.36. The minimum Gasteiger partial charge on any atom is -0.459 e. The highest BCUT2D eigenvalue weighted by molar-refractivity contribution is 5.73. The van der Waals surface area contributed by atoms with Gasteiger partial charge in [-0.1, -0.05) is 6.07 Å². The zero-order valence-corrected chi connectivity index (χ0v) is 10.3. The molecule has 0 amide bonds. The van der Waals surface area contributed by atoms with Crippen LogP contribution in [0.3, 0.4) is 0 Å². The van der Waals surface area contributed by atoms with E-state index in [-0.39, 0.29) is 5.56 Å². The first-order valence-electron chi connectivity index (χ1n) is 5.48. The summed E-state index contributed by atoms with van der Waals surface area (Å²) in [6.45, 7) is 0.0450. The number of nitrogens with zero attached hydrogens (tertiary/aromatic N) is 2. The number of nitrogens with two attached hydrogens (primary N) is 1. The van der Waals surface area contributed by atoms with E-state index in [0.29, 0.717) is 0 Å². The lowest BCUT2D eigenvalue weighted by Crippen LogP contribution is -2.50. The predicted molar refractivity (Wildman–Crippen MR) is 62.9 cm³/mol. The van der Waals surface area contributed by atoms with Crippen LogP contribution in [0.2, 0.25) is 0 Å². The maximum absolute atomic E-state index is 14.0. The van der Waals surface area contributed by atoms with E-state index in [1.807, 2.05) is 0 Å². The molecular formula is C11H10F3N3O3. The monoisotopic (exact) mass is 289 g/mol. The van der Waals surface area contributed by atoms with Crippen LogP contribution in [0.25, 0.3) is 0 Å². The Hall–Kier alpha value is -2.32. The van der Waals surface area contributed by atoms with E-state index in [9.17, 15) is 23.3 Å². The predicted octanol–water partition coefficient (Wildman–Crippen LogP) is 1.93. The molecule has 1 aliphatic heterocycles. The molecule has 9 heteroatoms. The van der Waals surface area contributed by atoms with Gasteiger partial charge in [0.15, 0.2) is 12.1 Å². The zero-order valence-electron chi connectivity index (χ0n) is 10.3. The van der Waals surface area contributed by atoms with Crippen LogP contribution in [0.5, 0.6) is 0 Å². The second-order valence-corrected chi connectivity index (χ2v) is 4.44. The van der Waals surface area contributed by atoms with E-state index >= 15 is 0 Å². The van der Waals surface area contributed by atoms with Crippen molar-refractivity contribution in [1.82, 2.24) is 0 Å². The third-order valence-electron chi connectivity index (χ3n) is 3.15. The van der Waals surface area contributed by atoms with Gasteiger partial charge in [0.1, 0.15) is 0 Å². The summed E-state index contributed by atoms with van der Waals surface area (Å²) in [7, 11) is 0. The maximum Gasteiger partial charge on any atom is 0.310 e. The summed E-state index contributed by atoms with van der Waals surface area (Å²) in [4.78, 5) is 13.2. The topological polar surface area (TPSA) is 90.8 Å². The Kier molecular flexibility index (Phi) is 3.07. The molecule has 6 nitrogen and oxygen atoms in total. The summed E-state index contributed by atoms with van der Waals surface area (Å²) >= 11 is 0. The number of rotatable bonds is 2. The van der Waals surface area contributed by atoms with E-state index in [1.165, 1.54) is 0 Å². The van der Waals surface area contributed by atoms with Gasteiger partial charge in [0.25, 0.3) is 6.02 Å². The van der Waals surface area contributed by atoms with Crippen LogP contribution in [0.15, 0.2) is 23.2 Å². The van der Waals surface area contributed by atoms with Crippen LogP contribution in [0, 0.1) is 15.9 Å². The molecule has 2 rings (SSSR count). The molecule has 0 saturated carbocycles. The van der Waals surface area contributed by atoms with Gasteiger partial charge in [0.05, 0.1) is 4.92 Å². The van der Waals surface area contributed by atoms with Crippen LogP contribution in [-0.4, -0.2) is 23.5 Å². The molecule has 0 spiro atoms. The molecule has 0 saturated heterocycles. The van der Waals surface area contributed by atoms with E-state index < -0.39 is 40.5 Å². The van der Waals surface area contributed by atoms with E-state index in [1.54, 1.807) is 0 Å². The largest absolute Gasteiger partial charge is 0.459 e. The van der Waals surface area contributed by atoms with Gasteiger partial charge in [0, 0.05) is 6.07 Å². The lowest BCUT2D eigenvalue weighted by molar-refractivity contribution is -0.387. The van der Waals surface area contributed by atoms with Crippen molar-refractivity contribution < 1.29 is 22.8 Å². The van der Waals surface area contributed by atoms with Gasteiger partial charge < -0.3 is 10.5 Å². The molecule has 0 aliphatic carbocycles. The highest BCUT2D eigenvalue weighted by Crippen LogP contribution is 2.44. The van der Waals surface area contributed by atoms with Gasteiger partial charge in [-0.25, -0.2) is 4.99 Å². The number of ether oxygens (including phenoxy) is 1. The number of hydrogen-bond acceptors (Lipinski definition) is 5. The van der Waals surface area contributed by atoms with Crippen LogP contribution < -0.4 is 5.73 Å². The molecule has 1 aromatic carbocycles. The van der Waals surface area contributed by atoms with Crippen molar-refractivity contribution in [3.8, 4) is 0 Å². The van der Waals surface area contributed by atoms with E-state index in [4.69, 9.17) is 5.73 Å². The average molecular weight is 289 g/mol. The van der Waals surface area contributed by atoms with E-state index in [2.05, 4.69) is 9.73 Å². The van der Waals surface area contributed by atoms with Gasteiger partial charge in [-0.05, 0) is 18.6 Å². The van der Waals surface area contributed by atoms with Crippen LogP contribution in [0.4, 0.5) is 18.9 Å². The highest BCUT2D eigenvalue weighted by Gasteiger charge is 2.55. The van der Waals surface area contributed by atoms with Gasteiger partial charge in [-0.2, -0.15) is 13.2 Å². The third-order valence-corrected chi connectivity index (χ3v) is 3.15. The Morgan fingerprint density at radius 1 is 1.50 bits per heavy atom. The Balaban J connectivity index is 2.62. The molecule has 0 bridgehead atoms. The fraction of sp³-hybridized carbons (Fsp3) is 0.364. The molecule has 1 aromatic rings. The Bertz CT molecular complexity index is 606. The molecule has 20 heavy (non-hydrogen) atoms. The van der Waals surface area contributed by atoms with Crippen LogP contribution in [-0.2, 0) is 10.3 Å². The van der Waals surface area contributed by atoms with Crippen LogP contribution in [0.1, 0.15) is 12.5 Å². The van der Waals surface area contributed by atoms with Gasteiger partial charge in [-0.15, -0.1) is 0 Å². The number of halogens is 3. The first-order chi connectivity index (χ1) is 9.17. The fourth-order valence-electron chi connectivity index (χ4n) is 1.87. The summed E-state index contributed by atoms with van der Waals surface area (Å²) in [5.41, 5.74) is 2.00. The smallest absolute Gasteiger partial charge is 0.310 e. The van der Waals surface area contributed by atoms with Crippen molar-refractivity contribution in [2.24, 2.45) is 10.7 Å². The van der Waals surface area contributed by atoms with Crippen molar-refractivity contribution in [2.45, 2.75) is 18.4 Å². The summed E-state index contributed by atoms with van der Waals surface area (Å²) in [6.07, 6.45) is 0. The summed E-state index contributed by atoms with van der Waals surface area (Å²) < 4.78 is 45.7. The van der Waals surface area contributed by atoms with Crippen molar-refractivity contribution in [3.05, 3.63) is 39.7 Å². The fourth-order valence-corrected chi connectivity index (χ4v) is 1.87. The van der Waals surface area contributed by atoms with Crippen molar-refractivity contribution in [2.75, 3.05) is 6.61 Å². The van der Waals surface area contributed by atoms with Crippen molar-refractivity contribution in [1.29, 1.82) is 0 Å². The number of nitro groups is 1. The number of aliphatic imine (C=N–C) groups is 1. The van der Waals surface area contributed by atoms with Crippen LogP contribution >= 0.6 is 0 Å². The number of benzene rings is 1. The minimum atomic E-state index is -3.44. The third kappa shape index (κ3) is 2.04. The number of alkyl halides is 2. The van der Waals surface area contributed by atoms with Gasteiger partial charge in [0.2, 0.25) is 5.82 Å². The lowest BCUT2D eigenvalue weighted by Gasteiger charge is -2.37. The van der Waals surface area contributed by atoms with Gasteiger partial charge in [-0.3, -0.25) is 10.1 Å². The summed E-state index contributed by atoms with van der Waals surface area (Å²) in [5, 5.41) is 10.7. The molecule has 108 valence electrons. The lowest BCUT2D eigenvalue weighted by atomic mass is 9.85. The highest BCUT2D eigenvalue weighted by atomic mass is 19.3. The molecular weight excluding hydrogens is 279 g/mol. The SMILES string of the molecule is C[C@]1(c2ccc(F)c([N+](=O)[O-])c2)N=C(N)OCC1(F)F. The first kappa shape index (κ1) is 14.1.